The Balaban J connectivity index is 2.40. The molecule has 4 atom stereocenters. The van der Waals surface area contributed by atoms with E-state index in [9.17, 15) is 18.0 Å². The number of carbonyl (C=O) groups is 2. The van der Waals surface area contributed by atoms with Crippen LogP contribution in [0.15, 0.2) is 0 Å². The van der Waals surface area contributed by atoms with Gasteiger partial charge in [0.05, 0.1) is 12.2 Å². The van der Waals surface area contributed by atoms with Crippen LogP contribution in [0.3, 0.4) is 0 Å². The van der Waals surface area contributed by atoms with Crippen LogP contribution in [-0.4, -0.2) is 44.3 Å². The Kier molecular flexibility index (Phi) is 3.13. The third-order valence-corrected chi connectivity index (χ3v) is 4.11. The third kappa shape index (κ3) is 2.02. The Bertz CT molecular complexity index is 527. The molecule has 1 N–H and O–H groups in total. The molecule has 0 aromatic heterocycles. The van der Waals surface area contributed by atoms with Crippen molar-refractivity contribution in [2.45, 2.75) is 38.5 Å². The highest BCUT2D eigenvalue weighted by Gasteiger charge is 2.72. The SMILES string of the molecule is CC(C)[C@H](OS(C)(=O)=O)[C@@]12NC(=O)[C@H](C)[C@@H]1OC2=O. The first-order valence-electron chi connectivity index (χ1n) is 6.01. The summed E-state index contributed by atoms with van der Waals surface area (Å²) in [5.41, 5.74) is -1.38. The quantitative estimate of drug-likeness (QED) is 0.549. The van der Waals surface area contributed by atoms with Gasteiger partial charge in [0, 0.05) is 0 Å². The molecule has 2 aliphatic heterocycles. The molecular formula is C11H17NO6S. The van der Waals surface area contributed by atoms with Gasteiger partial charge in [0.1, 0.15) is 12.2 Å². The molecule has 108 valence electrons. The van der Waals surface area contributed by atoms with E-state index in [0.717, 1.165) is 6.26 Å². The molecule has 2 aliphatic rings. The summed E-state index contributed by atoms with van der Waals surface area (Å²) in [7, 11) is -3.75. The minimum absolute atomic E-state index is 0.282. The van der Waals surface area contributed by atoms with Crippen molar-refractivity contribution in [1.29, 1.82) is 0 Å². The number of hydrogen-bond donors (Lipinski definition) is 1. The summed E-state index contributed by atoms with van der Waals surface area (Å²) in [6.45, 7) is 5.08. The highest BCUT2D eigenvalue weighted by molar-refractivity contribution is 7.86. The van der Waals surface area contributed by atoms with Crippen molar-refractivity contribution < 1.29 is 26.9 Å². The van der Waals surface area contributed by atoms with E-state index in [1.807, 2.05) is 0 Å². The fraction of sp³-hybridized carbons (Fsp3) is 0.818. The first-order chi connectivity index (χ1) is 8.59. The second-order valence-corrected chi connectivity index (χ2v) is 7.04. The molecule has 0 saturated carbocycles. The molecule has 2 saturated heterocycles. The number of hydrogen-bond acceptors (Lipinski definition) is 6. The smallest absolute Gasteiger partial charge is 0.339 e. The van der Waals surface area contributed by atoms with Crippen molar-refractivity contribution in [1.82, 2.24) is 5.32 Å². The molecule has 2 heterocycles. The molecule has 19 heavy (non-hydrogen) atoms. The van der Waals surface area contributed by atoms with E-state index < -0.39 is 39.8 Å². The minimum Gasteiger partial charge on any atom is -0.456 e. The van der Waals surface area contributed by atoms with Crippen LogP contribution in [0.2, 0.25) is 0 Å². The van der Waals surface area contributed by atoms with E-state index in [1.54, 1.807) is 20.8 Å². The Morgan fingerprint density at radius 2 is 1.95 bits per heavy atom. The van der Waals surface area contributed by atoms with Gasteiger partial charge in [0.2, 0.25) is 11.4 Å². The van der Waals surface area contributed by atoms with Crippen molar-refractivity contribution in [2.24, 2.45) is 11.8 Å². The maximum atomic E-state index is 11.8. The third-order valence-electron chi connectivity index (χ3n) is 3.55. The molecular weight excluding hydrogens is 274 g/mol. The summed E-state index contributed by atoms with van der Waals surface area (Å²) in [6, 6.07) is 0. The number of fused-ring (bicyclic) bond motifs is 1. The van der Waals surface area contributed by atoms with Crippen molar-refractivity contribution in [3.63, 3.8) is 0 Å². The lowest BCUT2D eigenvalue weighted by Crippen LogP contribution is -2.74. The molecule has 0 aliphatic carbocycles. The monoisotopic (exact) mass is 291 g/mol. The van der Waals surface area contributed by atoms with Crippen molar-refractivity contribution in [3.05, 3.63) is 0 Å². The second kappa shape index (κ2) is 4.17. The first-order valence-corrected chi connectivity index (χ1v) is 7.82. The predicted molar refractivity (Wildman–Crippen MR) is 64.5 cm³/mol. The molecule has 1 amide bonds. The van der Waals surface area contributed by atoms with Gasteiger partial charge in [0.15, 0.2) is 0 Å². The summed E-state index contributed by atoms with van der Waals surface area (Å²) in [5.74, 6) is -1.77. The van der Waals surface area contributed by atoms with E-state index in [1.165, 1.54) is 0 Å². The zero-order valence-electron chi connectivity index (χ0n) is 11.2. The molecule has 2 rings (SSSR count). The zero-order valence-corrected chi connectivity index (χ0v) is 12.0. The number of carbonyl (C=O) groups excluding carboxylic acids is 2. The van der Waals surface area contributed by atoms with Crippen LogP contribution >= 0.6 is 0 Å². The molecule has 7 nitrogen and oxygen atoms in total. The van der Waals surface area contributed by atoms with Gasteiger partial charge in [-0.05, 0) is 12.8 Å². The second-order valence-electron chi connectivity index (χ2n) is 5.44. The summed E-state index contributed by atoms with van der Waals surface area (Å²) in [4.78, 5) is 23.6. The van der Waals surface area contributed by atoms with Crippen molar-refractivity contribution in [2.75, 3.05) is 6.26 Å². The largest absolute Gasteiger partial charge is 0.456 e. The molecule has 0 aromatic carbocycles. The van der Waals surface area contributed by atoms with E-state index in [2.05, 4.69) is 5.32 Å². The molecule has 0 radical (unpaired) electrons. The van der Waals surface area contributed by atoms with Gasteiger partial charge in [-0.15, -0.1) is 0 Å². The van der Waals surface area contributed by atoms with E-state index in [4.69, 9.17) is 8.92 Å². The number of ether oxygens (including phenoxy) is 1. The van der Waals surface area contributed by atoms with Crippen LogP contribution in [0.4, 0.5) is 0 Å². The summed E-state index contributed by atoms with van der Waals surface area (Å²) in [6.07, 6.45) is -0.734. The standard InChI is InChI=1S/C11H17NO6S/c1-5(2)7(18-19(4,15)16)11-8(17-10(11)14)6(3)9(13)12-11/h5-8H,1-4H3,(H,12,13)/t6-,7+,8+,11-/m1/s1. The van der Waals surface area contributed by atoms with Crippen LogP contribution in [0.25, 0.3) is 0 Å². The minimum atomic E-state index is -3.75. The fourth-order valence-electron chi connectivity index (χ4n) is 2.69. The zero-order chi connectivity index (χ0) is 14.6. The lowest BCUT2D eigenvalue weighted by Gasteiger charge is -2.47. The molecule has 0 aromatic rings. The normalized spacial score (nSPS) is 35.4. The first kappa shape index (κ1) is 14.3. The van der Waals surface area contributed by atoms with Gasteiger partial charge in [-0.1, -0.05) is 13.8 Å². The van der Waals surface area contributed by atoms with Crippen LogP contribution in [-0.2, 0) is 28.6 Å². The maximum Gasteiger partial charge on any atom is 0.339 e. The average molecular weight is 291 g/mol. The van der Waals surface area contributed by atoms with Gasteiger partial charge >= 0.3 is 5.97 Å². The highest BCUT2D eigenvalue weighted by Crippen LogP contribution is 2.44. The van der Waals surface area contributed by atoms with Crippen LogP contribution in [0.1, 0.15) is 20.8 Å². The summed E-state index contributed by atoms with van der Waals surface area (Å²) >= 11 is 0. The summed E-state index contributed by atoms with van der Waals surface area (Å²) < 4.78 is 32.7. The van der Waals surface area contributed by atoms with Gasteiger partial charge in [0.25, 0.3) is 10.1 Å². The molecule has 0 unspecified atom stereocenters. The highest BCUT2D eigenvalue weighted by atomic mass is 32.2. The van der Waals surface area contributed by atoms with E-state index in [0.29, 0.717) is 0 Å². The molecule has 2 fully saturated rings. The van der Waals surface area contributed by atoms with Crippen LogP contribution in [0.5, 0.6) is 0 Å². The molecule has 0 bridgehead atoms. The topological polar surface area (TPSA) is 98.8 Å². The maximum absolute atomic E-state index is 11.8. The van der Waals surface area contributed by atoms with Gasteiger partial charge in [-0.3, -0.25) is 8.98 Å². The van der Waals surface area contributed by atoms with E-state index in [-0.39, 0.29) is 11.8 Å². The number of esters is 1. The summed E-state index contributed by atoms with van der Waals surface area (Å²) in [5, 5.41) is 2.57. The van der Waals surface area contributed by atoms with Gasteiger partial charge in [-0.2, -0.15) is 8.42 Å². The fourth-order valence-corrected chi connectivity index (χ4v) is 3.44. The lowest BCUT2D eigenvalue weighted by atomic mass is 9.76. The Morgan fingerprint density at radius 1 is 1.37 bits per heavy atom. The van der Waals surface area contributed by atoms with Crippen LogP contribution < -0.4 is 5.32 Å². The van der Waals surface area contributed by atoms with Gasteiger partial charge in [-0.25, -0.2) is 4.79 Å². The number of nitrogens with one attached hydrogen (secondary N) is 1. The van der Waals surface area contributed by atoms with Crippen molar-refractivity contribution >= 4 is 22.0 Å². The predicted octanol–water partition coefficient (Wildman–Crippen LogP) is -0.583. The van der Waals surface area contributed by atoms with E-state index >= 15 is 0 Å². The Labute approximate surface area is 111 Å². The van der Waals surface area contributed by atoms with Crippen molar-refractivity contribution in [3.8, 4) is 0 Å². The number of rotatable bonds is 4. The van der Waals surface area contributed by atoms with Crippen LogP contribution in [0, 0.1) is 11.8 Å². The molecule has 0 spiro atoms. The Hall–Kier alpha value is -1.15. The Morgan fingerprint density at radius 3 is 2.32 bits per heavy atom. The lowest BCUT2D eigenvalue weighted by molar-refractivity contribution is -0.204. The molecule has 8 heteroatoms. The number of amides is 1. The average Bonchev–Trinajstić information content (AvgIpc) is 2.45. The van der Waals surface area contributed by atoms with Gasteiger partial charge < -0.3 is 10.1 Å².